The van der Waals surface area contributed by atoms with E-state index in [-0.39, 0.29) is 23.6 Å². The summed E-state index contributed by atoms with van der Waals surface area (Å²) >= 11 is 0. The lowest BCUT2D eigenvalue weighted by Gasteiger charge is -2.36. The fraction of sp³-hybridized carbons (Fsp3) is 0.440. The van der Waals surface area contributed by atoms with Gasteiger partial charge in [-0.05, 0) is 80.1 Å². The molecule has 0 amide bonds. The molecule has 1 saturated carbocycles. The molecule has 4 rings (SSSR count). The Morgan fingerprint density at radius 1 is 1.16 bits per heavy atom. The molecule has 1 aliphatic carbocycles. The highest BCUT2D eigenvalue weighted by molar-refractivity contribution is 5.95. The highest BCUT2D eigenvalue weighted by Crippen LogP contribution is 2.37. The summed E-state index contributed by atoms with van der Waals surface area (Å²) in [6.07, 6.45) is 3.52. The van der Waals surface area contributed by atoms with E-state index in [0.29, 0.717) is 31.2 Å². The summed E-state index contributed by atoms with van der Waals surface area (Å²) in [6.45, 7) is 4.80. The Bertz CT molecular complexity index is 956. The van der Waals surface area contributed by atoms with Crippen molar-refractivity contribution in [1.29, 1.82) is 0 Å². The van der Waals surface area contributed by atoms with Crippen LogP contribution in [0.5, 0.6) is 0 Å². The fourth-order valence-corrected chi connectivity index (χ4v) is 4.49. The number of hydrogen-bond acceptors (Lipinski definition) is 5. The number of fused-ring (bicyclic) bond motifs is 1. The van der Waals surface area contributed by atoms with Crippen LogP contribution in [0.3, 0.4) is 0 Å². The van der Waals surface area contributed by atoms with Crippen molar-refractivity contribution in [1.82, 2.24) is 5.32 Å². The molecule has 1 fully saturated rings. The van der Waals surface area contributed by atoms with Crippen molar-refractivity contribution in [2.24, 2.45) is 0 Å². The van der Waals surface area contributed by atoms with Crippen LogP contribution >= 0.6 is 0 Å². The van der Waals surface area contributed by atoms with Gasteiger partial charge in [-0.3, -0.25) is 4.79 Å². The number of rotatable bonds is 8. The number of ketones is 1. The SMILES string of the molecule is CCOC(=O)c1ccc2c(c1)C(C(=O)C(CC)N(c1ccc(F)cc1)C1CC1)NCC2. The molecule has 2 aliphatic rings. The number of nitrogens with zero attached hydrogens (tertiary/aromatic N) is 1. The van der Waals surface area contributed by atoms with Gasteiger partial charge in [0.15, 0.2) is 5.78 Å². The Kier molecular flexibility index (Phi) is 6.37. The third kappa shape index (κ3) is 4.49. The van der Waals surface area contributed by atoms with E-state index in [9.17, 15) is 14.0 Å². The number of carbonyl (C=O) groups excluding carboxylic acids is 2. The minimum absolute atomic E-state index is 0.0840. The maximum Gasteiger partial charge on any atom is 0.338 e. The van der Waals surface area contributed by atoms with Crippen LogP contribution in [0.4, 0.5) is 10.1 Å². The maximum atomic E-state index is 13.8. The number of benzene rings is 2. The van der Waals surface area contributed by atoms with Crippen LogP contribution in [-0.4, -0.2) is 37.0 Å². The first-order chi connectivity index (χ1) is 15.0. The largest absolute Gasteiger partial charge is 0.462 e. The van der Waals surface area contributed by atoms with Crippen molar-refractivity contribution >= 4 is 17.4 Å². The maximum absolute atomic E-state index is 13.8. The lowest BCUT2D eigenvalue weighted by atomic mass is 9.87. The molecule has 0 bridgehead atoms. The van der Waals surface area contributed by atoms with Crippen molar-refractivity contribution in [3.8, 4) is 0 Å². The third-order valence-electron chi connectivity index (χ3n) is 6.11. The van der Waals surface area contributed by atoms with Crippen LogP contribution in [0.25, 0.3) is 0 Å². The van der Waals surface area contributed by atoms with E-state index in [2.05, 4.69) is 10.2 Å². The normalized spacial score (nSPS) is 18.7. The highest BCUT2D eigenvalue weighted by Gasteiger charge is 2.40. The van der Waals surface area contributed by atoms with Gasteiger partial charge in [0.25, 0.3) is 0 Å². The van der Waals surface area contributed by atoms with E-state index in [0.717, 1.165) is 36.1 Å². The zero-order valence-electron chi connectivity index (χ0n) is 18.1. The number of esters is 1. The molecule has 31 heavy (non-hydrogen) atoms. The van der Waals surface area contributed by atoms with E-state index in [1.807, 2.05) is 13.0 Å². The molecule has 0 radical (unpaired) electrons. The molecule has 1 aliphatic heterocycles. The Labute approximate surface area is 182 Å². The second-order valence-corrected chi connectivity index (χ2v) is 8.21. The van der Waals surface area contributed by atoms with E-state index < -0.39 is 6.04 Å². The second-order valence-electron chi connectivity index (χ2n) is 8.21. The number of hydrogen-bond donors (Lipinski definition) is 1. The Morgan fingerprint density at radius 2 is 1.90 bits per heavy atom. The summed E-state index contributed by atoms with van der Waals surface area (Å²) < 4.78 is 18.6. The van der Waals surface area contributed by atoms with Crippen LogP contribution in [0.1, 0.15) is 60.6 Å². The van der Waals surface area contributed by atoms with Crippen LogP contribution in [0, 0.1) is 5.82 Å². The molecule has 0 spiro atoms. The lowest BCUT2D eigenvalue weighted by molar-refractivity contribution is -0.122. The number of anilines is 1. The van der Waals surface area contributed by atoms with Crippen LogP contribution < -0.4 is 10.2 Å². The van der Waals surface area contributed by atoms with Gasteiger partial charge in [0.05, 0.1) is 24.3 Å². The smallest absolute Gasteiger partial charge is 0.338 e. The van der Waals surface area contributed by atoms with Crippen molar-refractivity contribution < 1.29 is 18.7 Å². The first kappa shape index (κ1) is 21.5. The number of carbonyl (C=O) groups is 2. The second kappa shape index (κ2) is 9.18. The molecular formula is C25H29FN2O3. The molecule has 0 aromatic heterocycles. The Balaban J connectivity index is 1.66. The molecule has 0 saturated heterocycles. The van der Waals surface area contributed by atoms with Gasteiger partial charge < -0.3 is 15.0 Å². The summed E-state index contributed by atoms with van der Waals surface area (Å²) in [6, 6.07) is 11.4. The average Bonchev–Trinajstić information content (AvgIpc) is 3.62. The van der Waals surface area contributed by atoms with Crippen molar-refractivity contribution in [2.45, 2.75) is 57.7 Å². The van der Waals surface area contributed by atoms with Gasteiger partial charge in [-0.2, -0.15) is 0 Å². The van der Waals surface area contributed by atoms with Gasteiger partial charge in [-0.1, -0.05) is 13.0 Å². The van der Waals surface area contributed by atoms with Gasteiger partial charge in [0.1, 0.15) is 5.82 Å². The summed E-state index contributed by atoms with van der Waals surface area (Å²) in [4.78, 5) is 28.2. The van der Waals surface area contributed by atoms with Gasteiger partial charge in [0, 0.05) is 18.3 Å². The summed E-state index contributed by atoms with van der Waals surface area (Å²) in [5.74, 6) is -0.575. The predicted molar refractivity (Wildman–Crippen MR) is 118 cm³/mol. The quantitative estimate of drug-likeness (QED) is 0.644. The summed E-state index contributed by atoms with van der Waals surface area (Å²) in [5.41, 5.74) is 3.28. The minimum atomic E-state index is -0.482. The summed E-state index contributed by atoms with van der Waals surface area (Å²) in [7, 11) is 0. The zero-order valence-corrected chi connectivity index (χ0v) is 18.1. The molecule has 2 aromatic carbocycles. The first-order valence-corrected chi connectivity index (χ1v) is 11.1. The Hall–Kier alpha value is -2.73. The van der Waals surface area contributed by atoms with Gasteiger partial charge >= 0.3 is 5.97 Å². The molecule has 2 unspecified atom stereocenters. The van der Waals surface area contributed by atoms with Crippen LogP contribution in [-0.2, 0) is 16.0 Å². The standard InChI is InChI=1S/C25H29FN2O3/c1-3-22(28(20-11-12-20)19-9-7-18(26)8-10-19)24(29)23-21-15-17(25(30)31-4-2)6-5-16(21)13-14-27-23/h5-10,15,20,22-23,27H,3-4,11-14H2,1-2H3. The van der Waals surface area contributed by atoms with E-state index in [1.54, 1.807) is 31.2 Å². The van der Waals surface area contributed by atoms with Crippen LogP contribution in [0.2, 0.25) is 0 Å². The number of nitrogens with one attached hydrogen (secondary N) is 1. The lowest BCUT2D eigenvalue weighted by Crippen LogP contribution is -2.48. The molecule has 1 N–H and O–H groups in total. The molecule has 2 atom stereocenters. The van der Waals surface area contributed by atoms with Crippen molar-refractivity contribution in [2.75, 3.05) is 18.1 Å². The minimum Gasteiger partial charge on any atom is -0.462 e. The number of Topliss-reactive ketones (excluding diaryl/α,β-unsaturated/α-hetero) is 1. The molecular weight excluding hydrogens is 395 g/mol. The van der Waals surface area contributed by atoms with Gasteiger partial charge in [0.2, 0.25) is 0 Å². The average molecular weight is 425 g/mol. The Morgan fingerprint density at radius 3 is 2.55 bits per heavy atom. The van der Waals surface area contributed by atoms with Crippen molar-refractivity contribution in [3.63, 3.8) is 0 Å². The molecule has 5 nitrogen and oxygen atoms in total. The molecule has 1 heterocycles. The fourth-order valence-electron chi connectivity index (χ4n) is 4.49. The van der Waals surface area contributed by atoms with Gasteiger partial charge in [-0.15, -0.1) is 0 Å². The van der Waals surface area contributed by atoms with E-state index in [4.69, 9.17) is 4.74 Å². The van der Waals surface area contributed by atoms with Gasteiger partial charge in [-0.25, -0.2) is 9.18 Å². The first-order valence-electron chi connectivity index (χ1n) is 11.1. The molecule has 164 valence electrons. The highest BCUT2D eigenvalue weighted by atomic mass is 19.1. The van der Waals surface area contributed by atoms with E-state index >= 15 is 0 Å². The topological polar surface area (TPSA) is 58.6 Å². The van der Waals surface area contributed by atoms with Crippen molar-refractivity contribution in [3.05, 3.63) is 65.0 Å². The molecule has 2 aromatic rings. The predicted octanol–water partition coefficient (Wildman–Crippen LogP) is 4.21. The molecule has 6 heteroatoms. The summed E-state index contributed by atoms with van der Waals surface area (Å²) in [5, 5.41) is 3.37. The monoisotopic (exact) mass is 424 g/mol. The number of halogens is 1. The van der Waals surface area contributed by atoms with Crippen LogP contribution in [0.15, 0.2) is 42.5 Å². The number of ether oxygens (including phenoxy) is 1. The third-order valence-corrected chi connectivity index (χ3v) is 6.11. The zero-order chi connectivity index (χ0) is 22.0. The van der Waals surface area contributed by atoms with E-state index in [1.165, 1.54) is 12.1 Å².